The molecule has 31 heavy (non-hydrogen) atoms. The molecule has 0 bridgehead atoms. The Morgan fingerprint density at radius 3 is 1.16 bits per heavy atom. The van der Waals surface area contributed by atoms with Gasteiger partial charge in [0.05, 0.1) is 0 Å². The summed E-state index contributed by atoms with van der Waals surface area (Å²) in [4.78, 5) is 25.6. The average Bonchev–Trinajstić information content (AvgIpc) is 2.94. The number of hydrogen-bond donors (Lipinski definition) is 0. The molecule has 2 rings (SSSR count). The first kappa shape index (κ1) is 25.4. The van der Waals surface area contributed by atoms with Gasteiger partial charge in [0.25, 0.3) is 0 Å². The zero-order valence-electron chi connectivity index (χ0n) is 20.7. The monoisotopic (exact) mass is 460 g/mol. The topological polar surface area (TPSA) is 52.6 Å². The van der Waals surface area contributed by atoms with Crippen molar-refractivity contribution in [2.45, 2.75) is 69.2 Å². The summed E-state index contributed by atoms with van der Waals surface area (Å²) in [6.07, 6.45) is 2.30. The molecule has 0 aromatic carbocycles. The maximum atomic E-state index is 12.8. The summed E-state index contributed by atoms with van der Waals surface area (Å²) < 4.78 is 14.5. The van der Waals surface area contributed by atoms with E-state index in [9.17, 15) is 9.59 Å². The Balaban J connectivity index is 3.06. The standard InChI is InChI=1S/2C10H15.2C3H4O2.Ti/c2*1-7-6-10(4,5)9(3)8(7)2;2*1-2-3(4)5;/h2*1-5H3;2*2H,1H2,(H,4,5);/q;;;;+2/p-2. The van der Waals surface area contributed by atoms with E-state index in [0.717, 1.165) is 42.2 Å². The first-order chi connectivity index (χ1) is 14.1. The maximum absolute atomic E-state index is 12.8. The molecule has 0 aromatic heterocycles. The zero-order valence-corrected chi connectivity index (χ0v) is 22.3. The number of carbonyl (C=O) groups excluding carboxylic acids is 2. The fraction of sp³-hybridized carbons (Fsp3) is 0.462. The van der Waals surface area contributed by atoms with Gasteiger partial charge in [-0.05, 0) is 0 Å². The van der Waals surface area contributed by atoms with Crippen molar-refractivity contribution in [3.8, 4) is 0 Å². The van der Waals surface area contributed by atoms with Crippen LogP contribution in [-0.4, -0.2) is 11.9 Å². The van der Waals surface area contributed by atoms with Crippen molar-refractivity contribution >= 4 is 11.9 Å². The molecule has 4 nitrogen and oxygen atoms in total. The van der Waals surface area contributed by atoms with E-state index >= 15 is 0 Å². The minimum atomic E-state index is -4.56. The van der Waals surface area contributed by atoms with Gasteiger partial charge in [0.15, 0.2) is 0 Å². The third-order valence-electron chi connectivity index (χ3n) is 7.61. The van der Waals surface area contributed by atoms with Crippen LogP contribution in [0.15, 0.2) is 66.5 Å². The van der Waals surface area contributed by atoms with Crippen LogP contribution in [0.3, 0.4) is 0 Å². The van der Waals surface area contributed by atoms with Crippen molar-refractivity contribution in [1.82, 2.24) is 0 Å². The molecule has 0 aromatic rings. The summed E-state index contributed by atoms with van der Waals surface area (Å²) in [5, 5.41) is 0. The Labute approximate surface area is 191 Å². The Hall–Kier alpha value is -1.91. The van der Waals surface area contributed by atoms with E-state index in [0.29, 0.717) is 0 Å². The SMILES string of the molecule is C=CC(=O)[O][Ti]([O]C(=O)C=C)([C]1=C(C)C(C)=C(C)C1(C)C)[C]1=C(C)C(C)=C(C)C1(C)C. The predicted molar refractivity (Wildman–Crippen MR) is 122 cm³/mol. The minimum absolute atomic E-state index is 0.426. The second-order valence-corrected chi connectivity index (χ2v) is 13.7. The van der Waals surface area contributed by atoms with Gasteiger partial charge in [0.2, 0.25) is 0 Å². The Bertz CT molecular complexity index is 930. The fourth-order valence-electron chi connectivity index (χ4n) is 5.22. The summed E-state index contributed by atoms with van der Waals surface area (Å²) in [5.74, 6) is -1.15. The van der Waals surface area contributed by atoms with E-state index in [1.807, 2.05) is 13.8 Å². The molecule has 0 spiro atoms. The molecule has 2 aliphatic carbocycles. The molecular formula is C26H36O4Ti. The first-order valence-electron chi connectivity index (χ1n) is 10.6. The van der Waals surface area contributed by atoms with Crippen LogP contribution in [0.1, 0.15) is 69.2 Å². The number of allylic oxidation sites excluding steroid dienone is 8. The molecule has 0 heterocycles. The van der Waals surface area contributed by atoms with Crippen molar-refractivity contribution in [2.24, 2.45) is 10.8 Å². The predicted octanol–water partition coefficient (Wildman–Crippen LogP) is 6.73. The van der Waals surface area contributed by atoms with Crippen molar-refractivity contribution in [3.63, 3.8) is 0 Å². The van der Waals surface area contributed by atoms with Gasteiger partial charge in [-0.1, -0.05) is 0 Å². The van der Waals surface area contributed by atoms with E-state index in [1.165, 1.54) is 11.1 Å². The molecule has 0 saturated heterocycles. The van der Waals surface area contributed by atoms with Crippen LogP contribution < -0.4 is 0 Å². The molecule has 0 radical (unpaired) electrons. The van der Waals surface area contributed by atoms with Crippen molar-refractivity contribution in [3.05, 3.63) is 66.5 Å². The molecule has 5 heteroatoms. The normalized spacial score (nSPS) is 20.5. The molecule has 0 amide bonds. The van der Waals surface area contributed by atoms with Crippen molar-refractivity contribution in [1.29, 1.82) is 0 Å². The van der Waals surface area contributed by atoms with Gasteiger partial charge < -0.3 is 0 Å². The second kappa shape index (κ2) is 8.22. The van der Waals surface area contributed by atoms with Gasteiger partial charge in [-0.2, -0.15) is 0 Å². The third kappa shape index (κ3) is 3.68. The van der Waals surface area contributed by atoms with Gasteiger partial charge in [0.1, 0.15) is 0 Å². The quantitative estimate of drug-likeness (QED) is 0.326. The van der Waals surface area contributed by atoms with Crippen LogP contribution in [0, 0.1) is 10.8 Å². The fourth-order valence-corrected chi connectivity index (χ4v) is 12.7. The summed E-state index contributed by atoms with van der Waals surface area (Å²) in [5.41, 5.74) is 5.90. The summed E-state index contributed by atoms with van der Waals surface area (Å²) in [6.45, 7) is 28.1. The molecule has 2 aliphatic rings. The number of rotatable bonds is 6. The molecule has 0 N–H and O–H groups in total. The van der Waals surface area contributed by atoms with E-state index in [4.69, 9.17) is 6.64 Å². The van der Waals surface area contributed by atoms with Crippen LogP contribution in [0.2, 0.25) is 0 Å². The molecular weight excluding hydrogens is 424 g/mol. The average molecular weight is 460 g/mol. The van der Waals surface area contributed by atoms with Crippen molar-refractivity contribution in [2.75, 3.05) is 0 Å². The Morgan fingerprint density at radius 1 is 0.677 bits per heavy atom. The molecule has 168 valence electrons. The summed E-state index contributed by atoms with van der Waals surface area (Å²) in [7, 11) is 0. The molecule has 0 atom stereocenters. The number of hydrogen-bond acceptors (Lipinski definition) is 4. The van der Waals surface area contributed by atoms with Crippen LogP contribution in [0.4, 0.5) is 0 Å². The van der Waals surface area contributed by atoms with E-state index in [2.05, 4.69) is 68.5 Å². The molecule has 0 saturated carbocycles. The van der Waals surface area contributed by atoms with Gasteiger partial charge in [-0.3, -0.25) is 0 Å². The van der Waals surface area contributed by atoms with E-state index in [-0.39, 0.29) is 0 Å². The molecule has 0 fully saturated rings. The summed E-state index contributed by atoms with van der Waals surface area (Å²) >= 11 is -4.56. The van der Waals surface area contributed by atoms with Gasteiger partial charge in [-0.15, -0.1) is 0 Å². The van der Waals surface area contributed by atoms with Crippen LogP contribution in [-0.2, 0) is 33.6 Å². The Kier molecular flexibility index (Phi) is 6.72. The second-order valence-electron chi connectivity index (χ2n) is 9.62. The van der Waals surface area contributed by atoms with Crippen LogP contribution in [0.25, 0.3) is 0 Å². The Morgan fingerprint density at radius 2 is 0.968 bits per heavy atom. The van der Waals surface area contributed by atoms with E-state index in [1.54, 1.807) is 0 Å². The number of carbonyl (C=O) groups is 2. The van der Waals surface area contributed by atoms with Gasteiger partial charge in [0, 0.05) is 0 Å². The first-order valence-corrected chi connectivity index (χ1v) is 13.5. The molecule has 0 aliphatic heterocycles. The zero-order chi connectivity index (χ0) is 24.1. The van der Waals surface area contributed by atoms with Crippen LogP contribution >= 0.6 is 0 Å². The van der Waals surface area contributed by atoms with Crippen LogP contribution in [0.5, 0.6) is 0 Å². The van der Waals surface area contributed by atoms with Gasteiger partial charge in [-0.25, -0.2) is 0 Å². The van der Waals surface area contributed by atoms with Gasteiger partial charge >= 0.3 is 192 Å². The van der Waals surface area contributed by atoms with Crippen molar-refractivity contribution < 1.29 is 33.6 Å². The van der Waals surface area contributed by atoms with E-state index < -0.39 is 40.1 Å². The molecule has 0 unspecified atom stereocenters. The third-order valence-corrected chi connectivity index (χ3v) is 14.3. The summed E-state index contributed by atoms with van der Waals surface area (Å²) in [6, 6.07) is 0.